The maximum Gasteiger partial charge on any atom is 0.257 e. The molecule has 1 saturated heterocycles. The normalized spacial score (nSPS) is 15.5. The van der Waals surface area contributed by atoms with Gasteiger partial charge in [0.2, 0.25) is 0 Å². The number of piperazine rings is 1. The standard InChI is InChI=1S/C18H23N3O3/c19-13-17-12-15(14-24-17)18(22)21-8-6-20(7-9-21)10-11-23-16-4-2-1-3-5-16/h1-5,12,14H,6-11,13,19H2. The summed E-state index contributed by atoms with van der Waals surface area (Å²) >= 11 is 0. The Morgan fingerprint density at radius 3 is 2.58 bits per heavy atom. The minimum absolute atomic E-state index is 0.0126. The van der Waals surface area contributed by atoms with E-state index in [4.69, 9.17) is 14.9 Å². The smallest absolute Gasteiger partial charge is 0.257 e. The van der Waals surface area contributed by atoms with Gasteiger partial charge in [-0.25, -0.2) is 0 Å². The zero-order valence-electron chi connectivity index (χ0n) is 13.7. The first-order valence-electron chi connectivity index (χ1n) is 8.23. The monoisotopic (exact) mass is 329 g/mol. The molecule has 0 unspecified atom stereocenters. The maximum absolute atomic E-state index is 12.4. The summed E-state index contributed by atoms with van der Waals surface area (Å²) in [5.41, 5.74) is 6.09. The second kappa shape index (κ2) is 7.99. The van der Waals surface area contributed by atoms with Crippen molar-refractivity contribution in [3.63, 3.8) is 0 Å². The lowest BCUT2D eigenvalue weighted by molar-refractivity contribution is 0.0619. The molecule has 6 heteroatoms. The van der Waals surface area contributed by atoms with E-state index in [1.807, 2.05) is 35.2 Å². The van der Waals surface area contributed by atoms with Crippen molar-refractivity contribution in [3.05, 3.63) is 54.0 Å². The van der Waals surface area contributed by atoms with Gasteiger partial charge in [-0.05, 0) is 18.2 Å². The van der Waals surface area contributed by atoms with Crippen LogP contribution in [0.1, 0.15) is 16.1 Å². The van der Waals surface area contributed by atoms with E-state index in [-0.39, 0.29) is 5.91 Å². The number of nitrogens with two attached hydrogens (primary N) is 1. The van der Waals surface area contributed by atoms with Gasteiger partial charge < -0.3 is 19.8 Å². The molecular weight excluding hydrogens is 306 g/mol. The maximum atomic E-state index is 12.4. The molecule has 0 bridgehead atoms. The molecule has 0 spiro atoms. The van der Waals surface area contributed by atoms with Crippen molar-refractivity contribution in [2.75, 3.05) is 39.3 Å². The summed E-state index contributed by atoms with van der Waals surface area (Å²) in [6.45, 7) is 4.96. The lowest BCUT2D eigenvalue weighted by atomic mass is 10.2. The predicted octanol–water partition coefficient (Wildman–Crippen LogP) is 1.58. The Bertz CT molecular complexity index is 649. The van der Waals surface area contributed by atoms with Crippen LogP contribution in [0, 0.1) is 0 Å². The van der Waals surface area contributed by atoms with Gasteiger partial charge in [-0.2, -0.15) is 0 Å². The molecule has 1 aromatic carbocycles. The Balaban J connectivity index is 1.41. The molecule has 1 aliphatic heterocycles. The molecule has 1 fully saturated rings. The van der Waals surface area contributed by atoms with Crippen molar-refractivity contribution < 1.29 is 13.9 Å². The van der Waals surface area contributed by atoms with Gasteiger partial charge >= 0.3 is 0 Å². The number of carbonyl (C=O) groups is 1. The summed E-state index contributed by atoms with van der Waals surface area (Å²) in [6, 6.07) is 11.5. The van der Waals surface area contributed by atoms with Crippen LogP contribution in [-0.2, 0) is 6.54 Å². The van der Waals surface area contributed by atoms with Gasteiger partial charge in [0.15, 0.2) is 0 Å². The average Bonchev–Trinajstić information content (AvgIpc) is 3.12. The molecule has 24 heavy (non-hydrogen) atoms. The number of furan rings is 1. The number of ether oxygens (including phenoxy) is 1. The van der Waals surface area contributed by atoms with Crippen LogP contribution >= 0.6 is 0 Å². The van der Waals surface area contributed by atoms with Gasteiger partial charge in [0, 0.05) is 32.7 Å². The Kier molecular flexibility index (Phi) is 5.51. The minimum Gasteiger partial charge on any atom is -0.492 e. The van der Waals surface area contributed by atoms with Crippen molar-refractivity contribution in [2.45, 2.75) is 6.54 Å². The SMILES string of the molecule is NCc1cc(C(=O)N2CCN(CCOc3ccccc3)CC2)co1. The molecule has 6 nitrogen and oxygen atoms in total. The highest BCUT2D eigenvalue weighted by Crippen LogP contribution is 2.13. The van der Waals surface area contributed by atoms with Gasteiger partial charge in [0.05, 0.1) is 12.1 Å². The molecule has 0 aliphatic carbocycles. The molecule has 0 radical (unpaired) electrons. The van der Waals surface area contributed by atoms with E-state index in [0.717, 1.165) is 25.4 Å². The number of carbonyl (C=O) groups excluding carboxylic acids is 1. The molecule has 3 rings (SSSR count). The van der Waals surface area contributed by atoms with Crippen molar-refractivity contribution in [2.24, 2.45) is 5.73 Å². The van der Waals surface area contributed by atoms with Crippen molar-refractivity contribution in [1.82, 2.24) is 9.80 Å². The van der Waals surface area contributed by atoms with Crippen molar-refractivity contribution >= 4 is 5.91 Å². The third-order valence-corrected chi connectivity index (χ3v) is 4.18. The first-order valence-corrected chi connectivity index (χ1v) is 8.23. The van der Waals surface area contributed by atoms with Gasteiger partial charge in [-0.15, -0.1) is 0 Å². The molecule has 0 atom stereocenters. The fourth-order valence-electron chi connectivity index (χ4n) is 2.77. The largest absolute Gasteiger partial charge is 0.492 e. The number of hydrogen-bond donors (Lipinski definition) is 1. The Morgan fingerprint density at radius 2 is 1.92 bits per heavy atom. The highest BCUT2D eigenvalue weighted by molar-refractivity contribution is 5.94. The van der Waals surface area contributed by atoms with Crippen LogP contribution in [0.2, 0.25) is 0 Å². The number of hydrogen-bond acceptors (Lipinski definition) is 5. The van der Waals surface area contributed by atoms with E-state index in [0.29, 0.717) is 37.6 Å². The van der Waals surface area contributed by atoms with Crippen LogP contribution in [0.3, 0.4) is 0 Å². The van der Waals surface area contributed by atoms with E-state index < -0.39 is 0 Å². The van der Waals surface area contributed by atoms with E-state index in [1.54, 1.807) is 6.07 Å². The summed E-state index contributed by atoms with van der Waals surface area (Å²) in [4.78, 5) is 16.6. The molecule has 1 aliphatic rings. The summed E-state index contributed by atoms with van der Waals surface area (Å²) in [5, 5.41) is 0. The topological polar surface area (TPSA) is 71.9 Å². The van der Waals surface area contributed by atoms with Crippen LogP contribution in [0.5, 0.6) is 5.75 Å². The quantitative estimate of drug-likeness (QED) is 0.871. The molecular formula is C18H23N3O3. The van der Waals surface area contributed by atoms with E-state index >= 15 is 0 Å². The molecule has 0 saturated carbocycles. The number of para-hydroxylation sites is 1. The third kappa shape index (κ3) is 4.15. The minimum atomic E-state index is 0.0126. The lowest BCUT2D eigenvalue weighted by Crippen LogP contribution is -2.49. The summed E-state index contributed by atoms with van der Waals surface area (Å²) in [6.07, 6.45) is 1.49. The first-order chi connectivity index (χ1) is 11.8. The molecule has 1 aromatic heterocycles. The van der Waals surface area contributed by atoms with Crippen molar-refractivity contribution in [3.8, 4) is 5.75 Å². The number of amides is 1. The van der Waals surface area contributed by atoms with E-state index in [1.165, 1.54) is 6.26 Å². The van der Waals surface area contributed by atoms with Crippen LogP contribution < -0.4 is 10.5 Å². The Labute approximate surface area is 141 Å². The molecule has 2 heterocycles. The molecule has 128 valence electrons. The zero-order valence-corrected chi connectivity index (χ0v) is 13.7. The second-order valence-corrected chi connectivity index (χ2v) is 5.80. The molecule has 2 N–H and O–H groups in total. The van der Waals surface area contributed by atoms with Gasteiger partial charge in [0.25, 0.3) is 5.91 Å². The molecule has 2 aromatic rings. The van der Waals surface area contributed by atoms with Crippen LogP contribution in [0.15, 0.2) is 47.1 Å². The summed E-state index contributed by atoms with van der Waals surface area (Å²) < 4.78 is 11.0. The highest BCUT2D eigenvalue weighted by atomic mass is 16.5. The Morgan fingerprint density at radius 1 is 1.17 bits per heavy atom. The zero-order chi connectivity index (χ0) is 16.8. The summed E-state index contributed by atoms with van der Waals surface area (Å²) in [7, 11) is 0. The van der Waals surface area contributed by atoms with Gasteiger partial charge in [-0.1, -0.05) is 18.2 Å². The van der Waals surface area contributed by atoms with Crippen LogP contribution in [0.25, 0.3) is 0 Å². The number of benzene rings is 1. The predicted molar refractivity (Wildman–Crippen MR) is 90.9 cm³/mol. The van der Waals surface area contributed by atoms with Crippen LogP contribution in [0.4, 0.5) is 0 Å². The van der Waals surface area contributed by atoms with E-state index in [2.05, 4.69) is 4.90 Å². The fraction of sp³-hybridized carbons (Fsp3) is 0.389. The lowest BCUT2D eigenvalue weighted by Gasteiger charge is -2.34. The Hall–Kier alpha value is -2.31. The van der Waals surface area contributed by atoms with Gasteiger partial charge in [0.1, 0.15) is 24.4 Å². The van der Waals surface area contributed by atoms with Crippen LogP contribution in [-0.4, -0.2) is 55.0 Å². The third-order valence-electron chi connectivity index (χ3n) is 4.18. The first kappa shape index (κ1) is 16.5. The fourth-order valence-corrected chi connectivity index (χ4v) is 2.77. The van der Waals surface area contributed by atoms with Crippen molar-refractivity contribution in [1.29, 1.82) is 0 Å². The second-order valence-electron chi connectivity index (χ2n) is 5.80. The van der Waals surface area contributed by atoms with Gasteiger partial charge in [-0.3, -0.25) is 9.69 Å². The number of nitrogens with zero attached hydrogens (tertiary/aromatic N) is 2. The van der Waals surface area contributed by atoms with E-state index in [9.17, 15) is 4.79 Å². The highest BCUT2D eigenvalue weighted by Gasteiger charge is 2.23. The average molecular weight is 329 g/mol. The number of rotatable bonds is 6. The molecule has 1 amide bonds. The summed E-state index contributed by atoms with van der Waals surface area (Å²) in [5.74, 6) is 1.54.